The number of nitrogens with zero attached hydrogens (tertiary/aromatic N) is 1. The van der Waals surface area contributed by atoms with Gasteiger partial charge in [-0.2, -0.15) is 0 Å². The van der Waals surface area contributed by atoms with E-state index in [1.54, 1.807) is 13.8 Å². The van der Waals surface area contributed by atoms with Crippen LogP contribution in [0.3, 0.4) is 0 Å². The smallest absolute Gasteiger partial charge is 0.270 e. The third kappa shape index (κ3) is 6.85. The number of H-pyrrole nitrogens is 1. The SMILES string of the molecule is CC(C)(O)CCC(=O)c1nc[nH]c1C(=O)NC1CCC(C(=O)Nc2ccc(F)cc2Cl)CC1. The molecule has 2 aromatic rings. The van der Waals surface area contributed by atoms with E-state index < -0.39 is 17.3 Å². The van der Waals surface area contributed by atoms with Crippen LogP contribution in [-0.4, -0.2) is 44.3 Å². The van der Waals surface area contributed by atoms with Gasteiger partial charge in [0.05, 0.1) is 22.6 Å². The van der Waals surface area contributed by atoms with Crippen LogP contribution in [0.25, 0.3) is 0 Å². The maximum absolute atomic E-state index is 13.2. The zero-order chi connectivity index (χ0) is 24.2. The molecule has 1 aromatic heterocycles. The number of aliphatic hydroxyl groups is 1. The number of hydrogen-bond acceptors (Lipinski definition) is 5. The first-order valence-electron chi connectivity index (χ1n) is 10.9. The molecule has 1 aliphatic rings. The van der Waals surface area contributed by atoms with Gasteiger partial charge in [0.1, 0.15) is 17.2 Å². The second-order valence-electron chi connectivity index (χ2n) is 9.00. The first-order valence-corrected chi connectivity index (χ1v) is 11.3. The number of benzene rings is 1. The zero-order valence-corrected chi connectivity index (χ0v) is 19.3. The van der Waals surface area contributed by atoms with Gasteiger partial charge < -0.3 is 20.7 Å². The van der Waals surface area contributed by atoms with Crippen molar-refractivity contribution in [2.24, 2.45) is 5.92 Å². The van der Waals surface area contributed by atoms with Crippen LogP contribution in [0.1, 0.15) is 73.3 Å². The van der Waals surface area contributed by atoms with E-state index >= 15 is 0 Å². The van der Waals surface area contributed by atoms with Gasteiger partial charge in [0.25, 0.3) is 5.91 Å². The molecule has 0 aliphatic heterocycles. The van der Waals surface area contributed by atoms with Crippen LogP contribution in [0, 0.1) is 11.7 Å². The van der Waals surface area contributed by atoms with Gasteiger partial charge in [-0.3, -0.25) is 14.4 Å². The molecule has 0 spiro atoms. The lowest BCUT2D eigenvalue weighted by Gasteiger charge is -2.28. The molecule has 0 radical (unpaired) electrons. The third-order valence-corrected chi connectivity index (χ3v) is 6.03. The number of carbonyl (C=O) groups excluding carboxylic acids is 3. The molecule has 0 atom stereocenters. The van der Waals surface area contributed by atoms with E-state index in [9.17, 15) is 23.9 Å². The second kappa shape index (κ2) is 10.4. The summed E-state index contributed by atoms with van der Waals surface area (Å²) in [5.41, 5.74) is -0.469. The Hall–Kier alpha value is -2.78. The number of rotatable bonds is 8. The average Bonchev–Trinajstić information content (AvgIpc) is 3.24. The van der Waals surface area contributed by atoms with Crippen molar-refractivity contribution < 1.29 is 23.9 Å². The molecular weight excluding hydrogens is 451 g/mol. The van der Waals surface area contributed by atoms with Gasteiger partial charge in [-0.05, 0) is 64.2 Å². The molecule has 8 nitrogen and oxygen atoms in total. The van der Waals surface area contributed by atoms with Crippen LogP contribution in [0.2, 0.25) is 5.02 Å². The minimum atomic E-state index is -0.985. The van der Waals surface area contributed by atoms with Crippen molar-refractivity contribution in [3.8, 4) is 0 Å². The molecule has 1 saturated carbocycles. The fraction of sp³-hybridized carbons (Fsp3) is 0.478. The number of aromatic nitrogens is 2. The monoisotopic (exact) mass is 478 g/mol. The summed E-state index contributed by atoms with van der Waals surface area (Å²) in [6.07, 6.45) is 3.95. The maximum atomic E-state index is 13.2. The number of Topliss-reactive ketones (excluding diaryl/α,β-unsaturated/α-hetero) is 1. The van der Waals surface area contributed by atoms with Crippen molar-refractivity contribution in [1.82, 2.24) is 15.3 Å². The van der Waals surface area contributed by atoms with Gasteiger partial charge >= 0.3 is 0 Å². The first kappa shape index (κ1) is 24.9. The number of nitrogens with one attached hydrogen (secondary N) is 3. The predicted molar refractivity (Wildman–Crippen MR) is 122 cm³/mol. The number of ketones is 1. The second-order valence-corrected chi connectivity index (χ2v) is 9.40. The van der Waals surface area contributed by atoms with Gasteiger partial charge in [0, 0.05) is 18.4 Å². The number of halogens is 2. The molecule has 0 unspecified atom stereocenters. The molecule has 4 N–H and O–H groups in total. The molecule has 0 saturated heterocycles. The number of anilines is 1. The standard InChI is InChI=1S/C23H28ClFN4O4/c1-23(2,33)10-9-18(30)19-20(27-12-26-19)22(32)28-15-6-3-13(4-7-15)21(31)29-17-8-5-14(25)11-16(17)24/h5,8,11-13,15,33H,3-4,6-7,9-10H2,1-2H3,(H,26,27)(H,28,32)(H,29,31). The van der Waals surface area contributed by atoms with Crippen molar-refractivity contribution in [2.45, 2.75) is 64.0 Å². The maximum Gasteiger partial charge on any atom is 0.270 e. The number of hydrogen-bond donors (Lipinski definition) is 4. The Morgan fingerprint density at radius 1 is 1.24 bits per heavy atom. The van der Waals surface area contributed by atoms with E-state index in [0.717, 1.165) is 6.07 Å². The lowest BCUT2D eigenvalue weighted by Crippen LogP contribution is -2.40. The van der Waals surface area contributed by atoms with E-state index in [1.165, 1.54) is 18.5 Å². The third-order valence-electron chi connectivity index (χ3n) is 5.72. The Balaban J connectivity index is 1.51. The number of aromatic amines is 1. The van der Waals surface area contributed by atoms with Crippen LogP contribution in [0.15, 0.2) is 24.5 Å². The van der Waals surface area contributed by atoms with E-state index in [-0.39, 0.29) is 52.9 Å². The van der Waals surface area contributed by atoms with Gasteiger partial charge in [0.15, 0.2) is 5.78 Å². The van der Waals surface area contributed by atoms with Gasteiger partial charge in [0.2, 0.25) is 5.91 Å². The molecule has 2 amide bonds. The molecular formula is C23H28ClFN4O4. The summed E-state index contributed by atoms with van der Waals surface area (Å²) < 4.78 is 13.2. The molecule has 1 aromatic carbocycles. The van der Waals surface area contributed by atoms with Crippen molar-refractivity contribution in [1.29, 1.82) is 0 Å². The number of carbonyl (C=O) groups is 3. The topological polar surface area (TPSA) is 124 Å². The zero-order valence-electron chi connectivity index (χ0n) is 18.6. The molecule has 1 heterocycles. The summed E-state index contributed by atoms with van der Waals surface area (Å²) >= 11 is 5.97. The minimum Gasteiger partial charge on any atom is -0.390 e. The average molecular weight is 479 g/mol. The van der Waals surface area contributed by atoms with Crippen LogP contribution < -0.4 is 10.6 Å². The van der Waals surface area contributed by atoms with E-state index in [0.29, 0.717) is 31.4 Å². The highest BCUT2D eigenvalue weighted by molar-refractivity contribution is 6.33. The summed E-state index contributed by atoms with van der Waals surface area (Å²) in [5, 5.41) is 15.6. The van der Waals surface area contributed by atoms with Crippen LogP contribution in [-0.2, 0) is 4.79 Å². The summed E-state index contributed by atoms with van der Waals surface area (Å²) in [6.45, 7) is 3.23. The summed E-state index contributed by atoms with van der Waals surface area (Å²) in [4.78, 5) is 44.4. The normalized spacial score (nSPS) is 18.6. The highest BCUT2D eigenvalue weighted by Crippen LogP contribution is 2.28. The van der Waals surface area contributed by atoms with Gasteiger partial charge in [-0.25, -0.2) is 9.37 Å². The highest BCUT2D eigenvalue weighted by Gasteiger charge is 2.29. The summed E-state index contributed by atoms with van der Waals surface area (Å²) in [6, 6.07) is 3.65. The Morgan fingerprint density at radius 2 is 1.94 bits per heavy atom. The first-order chi connectivity index (χ1) is 15.5. The molecule has 10 heteroatoms. The number of imidazole rings is 1. The highest BCUT2D eigenvalue weighted by atomic mass is 35.5. The predicted octanol–water partition coefficient (Wildman–Crippen LogP) is 3.86. The van der Waals surface area contributed by atoms with Crippen LogP contribution in [0.4, 0.5) is 10.1 Å². The fourth-order valence-corrected chi connectivity index (χ4v) is 4.01. The quantitative estimate of drug-likeness (QED) is 0.429. The van der Waals surface area contributed by atoms with Crippen molar-refractivity contribution in [3.05, 3.63) is 46.8 Å². The van der Waals surface area contributed by atoms with E-state index in [4.69, 9.17) is 11.6 Å². The minimum absolute atomic E-state index is 0.0565. The molecule has 3 rings (SSSR count). The Bertz CT molecular complexity index is 1030. The van der Waals surface area contributed by atoms with Crippen LogP contribution >= 0.6 is 11.6 Å². The lowest BCUT2D eigenvalue weighted by atomic mass is 9.85. The molecule has 1 fully saturated rings. The Labute approximate surface area is 196 Å². The largest absolute Gasteiger partial charge is 0.390 e. The van der Waals surface area contributed by atoms with Crippen molar-refractivity contribution >= 4 is 34.9 Å². The van der Waals surface area contributed by atoms with E-state index in [1.807, 2.05) is 0 Å². The van der Waals surface area contributed by atoms with E-state index in [2.05, 4.69) is 20.6 Å². The molecule has 33 heavy (non-hydrogen) atoms. The Kier molecular flexibility index (Phi) is 7.86. The lowest BCUT2D eigenvalue weighted by molar-refractivity contribution is -0.120. The van der Waals surface area contributed by atoms with Crippen molar-refractivity contribution in [2.75, 3.05) is 5.32 Å². The van der Waals surface area contributed by atoms with Crippen LogP contribution in [0.5, 0.6) is 0 Å². The fourth-order valence-electron chi connectivity index (χ4n) is 3.80. The molecule has 1 aliphatic carbocycles. The number of amides is 2. The van der Waals surface area contributed by atoms with Crippen molar-refractivity contribution in [3.63, 3.8) is 0 Å². The summed E-state index contributed by atoms with van der Waals surface area (Å²) in [5.74, 6) is -1.66. The Morgan fingerprint density at radius 3 is 2.58 bits per heavy atom. The van der Waals surface area contributed by atoms with Gasteiger partial charge in [-0.1, -0.05) is 11.6 Å². The molecule has 178 valence electrons. The molecule has 0 bridgehead atoms. The summed E-state index contributed by atoms with van der Waals surface area (Å²) in [7, 11) is 0. The van der Waals surface area contributed by atoms with Gasteiger partial charge in [-0.15, -0.1) is 0 Å².